The predicted molar refractivity (Wildman–Crippen MR) is 39.6 cm³/mol. The SMILES string of the molecule is C=C[C@H]1CCCN1P. The first-order chi connectivity index (χ1) is 3.84. The zero-order valence-electron chi connectivity index (χ0n) is 5.01. The van der Waals surface area contributed by atoms with Crippen molar-refractivity contribution in [1.29, 1.82) is 0 Å². The molecule has 46 valence electrons. The molecule has 0 aromatic carbocycles. The zero-order valence-corrected chi connectivity index (χ0v) is 6.16. The van der Waals surface area contributed by atoms with Crippen molar-refractivity contribution in [3.05, 3.63) is 12.7 Å². The molecule has 2 atom stereocenters. The summed E-state index contributed by atoms with van der Waals surface area (Å²) in [5.74, 6) is 0. The Morgan fingerprint density at radius 2 is 2.50 bits per heavy atom. The highest BCUT2D eigenvalue weighted by Gasteiger charge is 2.16. The molecular weight excluding hydrogens is 117 g/mol. The smallest absolute Gasteiger partial charge is 0.0308 e. The van der Waals surface area contributed by atoms with Crippen LogP contribution >= 0.6 is 9.39 Å². The molecule has 8 heavy (non-hydrogen) atoms. The van der Waals surface area contributed by atoms with Crippen LogP contribution in [0.3, 0.4) is 0 Å². The van der Waals surface area contributed by atoms with Crippen molar-refractivity contribution in [2.75, 3.05) is 6.54 Å². The van der Waals surface area contributed by atoms with E-state index in [0.717, 1.165) is 0 Å². The molecule has 0 N–H and O–H groups in total. The van der Waals surface area contributed by atoms with Crippen molar-refractivity contribution in [2.45, 2.75) is 18.9 Å². The lowest BCUT2D eigenvalue weighted by Gasteiger charge is -2.13. The fourth-order valence-corrected chi connectivity index (χ4v) is 1.52. The van der Waals surface area contributed by atoms with E-state index >= 15 is 0 Å². The van der Waals surface area contributed by atoms with Gasteiger partial charge in [0.1, 0.15) is 0 Å². The van der Waals surface area contributed by atoms with E-state index in [9.17, 15) is 0 Å². The minimum absolute atomic E-state index is 0.625. The highest BCUT2D eigenvalue weighted by atomic mass is 31.0. The summed E-state index contributed by atoms with van der Waals surface area (Å²) >= 11 is 0. The molecular formula is C6H12NP. The van der Waals surface area contributed by atoms with Crippen LogP contribution in [0.15, 0.2) is 12.7 Å². The Balaban J connectivity index is 2.41. The Labute approximate surface area is 53.0 Å². The summed E-state index contributed by atoms with van der Waals surface area (Å²) in [5.41, 5.74) is 0. The molecule has 1 fully saturated rings. The Kier molecular flexibility index (Phi) is 2.04. The topological polar surface area (TPSA) is 3.24 Å². The van der Waals surface area contributed by atoms with Gasteiger partial charge in [-0.2, -0.15) is 0 Å². The standard InChI is InChI=1S/C6H12NP/c1-2-6-4-3-5-7(6)8/h2,6H,1,3-5,8H2/t6-/m0/s1. The lowest BCUT2D eigenvalue weighted by molar-refractivity contribution is 0.505. The normalized spacial score (nSPS) is 30.9. The molecule has 0 bridgehead atoms. The van der Waals surface area contributed by atoms with Gasteiger partial charge in [0, 0.05) is 12.6 Å². The average Bonchev–Trinajstić information content (AvgIpc) is 2.14. The number of nitrogens with zero attached hydrogens (tertiary/aromatic N) is 1. The van der Waals surface area contributed by atoms with Crippen LogP contribution in [0.2, 0.25) is 0 Å². The molecule has 0 aromatic rings. The molecule has 1 rings (SSSR count). The third-order valence-corrected chi connectivity index (χ3v) is 2.26. The van der Waals surface area contributed by atoms with Crippen molar-refractivity contribution >= 4 is 9.39 Å². The molecule has 1 aliphatic heterocycles. The summed E-state index contributed by atoms with van der Waals surface area (Å²) in [4.78, 5) is 0. The van der Waals surface area contributed by atoms with Crippen LogP contribution in [0.1, 0.15) is 12.8 Å². The highest BCUT2D eigenvalue weighted by Crippen LogP contribution is 2.20. The molecule has 1 saturated heterocycles. The zero-order chi connectivity index (χ0) is 5.98. The van der Waals surface area contributed by atoms with Gasteiger partial charge >= 0.3 is 0 Å². The molecule has 2 heteroatoms. The lowest BCUT2D eigenvalue weighted by atomic mass is 10.2. The minimum atomic E-state index is 0.625. The Morgan fingerprint density at radius 1 is 1.75 bits per heavy atom. The Bertz CT molecular complexity index is 92.5. The number of rotatable bonds is 1. The van der Waals surface area contributed by atoms with Crippen LogP contribution in [-0.2, 0) is 0 Å². The van der Waals surface area contributed by atoms with Gasteiger partial charge < -0.3 is 0 Å². The maximum Gasteiger partial charge on any atom is 0.0308 e. The van der Waals surface area contributed by atoms with Crippen molar-refractivity contribution in [3.8, 4) is 0 Å². The maximum atomic E-state index is 3.74. The largest absolute Gasteiger partial charge is 0.281 e. The van der Waals surface area contributed by atoms with Crippen molar-refractivity contribution in [2.24, 2.45) is 0 Å². The van der Waals surface area contributed by atoms with E-state index in [1.165, 1.54) is 19.4 Å². The van der Waals surface area contributed by atoms with Gasteiger partial charge in [-0.25, -0.2) is 0 Å². The molecule has 0 spiro atoms. The van der Waals surface area contributed by atoms with Crippen LogP contribution in [0.5, 0.6) is 0 Å². The molecule has 0 aliphatic carbocycles. The van der Waals surface area contributed by atoms with E-state index in [2.05, 4.69) is 20.6 Å². The molecule has 0 amide bonds. The Morgan fingerprint density at radius 3 is 2.75 bits per heavy atom. The van der Waals surface area contributed by atoms with Crippen molar-refractivity contribution < 1.29 is 0 Å². The molecule has 0 saturated carbocycles. The summed E-state index contributed by atoms with van der Waals surface area (Å²) in [6.45, 7) is 4.95. The van der Waals surface area contributed by atoms with Gasteiger partial charge in [0.15, 0.2) is 0 Å². The van der Waals surface area contributed by atoms with Crippen molar-refractivity contribution in [3.63, 3.8) is 0 Å². The first-order valence-corrected chi connectivity index (χ1v) is 3.50. The van der Waals surface area contributed by atoms with Crippen LogP contribution in [0, 0.1) is 0 Å². The third-order valence-electron chi connectivity index (χ3n) is 1.61. The van der Waals surface area contributed by atoms with E-state index in [1.807, 2.05) is 6.08 Å². The van der Waals surface area contributed by atoms with Crippen LogP contribution in [-0.4, -0.2) is 17.3 Å². The van der Waals surface area contributed by atoms with E-state index in [4.69, 9.17) is 0 Å². The Hall–Kier alpha value is 0.130. The first-order valence-electron chi connectivity index (χ1n) is 2.98. The monoisotopic (exact) mass is 129 g/mol. The van der Waals surface area contributed by atoms with E-state index in [-0.39, 0.29) is 0 Å². The summed E-state index contributed by atoms with van der Waals surface area (Å²) in [5, 5.41) is 0. The maximum absolute atomic E-state index is 3.74. The molecule has 1 nitrogen and oxygen atoms in total. The fourth-order valence-electron chi connectivity index (χ4n) is 1.07. The highest BCUT2D eigenvalue weighted by molar-refractivity contribution is 7.13. The average molecular weight is 129 g/mol. The first kappa shape index (κ1) is 6.25. The van der Waals surface area contributed by atoms with Gasteiger partial charge in [-0.3, -0.25) is 4.67 Å². The van der Waals surface area contributed by atoms with Crippen LogP contribution in [0.4, 0.5) is 0 Å². The minimum Gasteiger partial charge on any atom is -0.281 e. The second kappa shape index (κ2) is 2.61. The van der Waals surface area contributed by atoms with Gasteiger partial charge in [0.05, 0.1) is 0 Å². The van der Waals surface area contributed by atoms with E-state index in [0.29, 0.717) is 6.04 Å². The molecule has 1 heterocycles. The summed E-state index contributed by atoms with van der Waals surface area (Å²) < 4.78 is 2.26. The van der Waals surface area contributed by atoms with Crippen LogP contribution in [0.25, 0.3) is 0 Å². The quantitative estimate of drug-likeness (QED) is 0.382. The summed E-state index contributed by atoms with van der Waals surface area (Å²) in [7, 11) is 2.72. The second-order valence-corrected chi connectivity index (χ2v) is 2.85. The van der Waals surface area contributed by atoms with E-state index < -0.39 is 0 Å². The van der Waals surface area contributed by atoms with Gasteiger partial charge in [-0.1, -0.05) is 15.5 Å². The molecule has 1 aliphatic rings. The van der Waals surface area contributed by atoms with Gasteiger partial charge in [-0.15, -0.1) is 6.58 Å². The van der Waals surface area contributed by atoms with Crippen molar-refractivity contribution in [1.82, 2.24) is 4.67 Å². The van der Waals surface area contributed by atoms with Gasteiger partial charge in [0.25, 0.3) is 0 Å². The van der Waals surface area contributed by atoms with E-state index in [1.54, 1.807) is 0 Å². The predicted octanol–water partition coefficient (Wildman–Crippen LogP) is 1.43. The summed E-state index contributed by atoms with van der Waals surface area (Å²) in [6, 6.07) is 0.625. The van der Waals surface area contributed by atoms with Crippen LogP contribution < -0.4 is 0 Å². The van der Waals surface area contributed by atoms with Gasteiger partial charge in [0.2, 0.25) is 0 Å². The lowest BCUT2D eigenvalue weighted by Crippen LogP contribution is -2.15. The third kappa shape index (κ3) is 1.10. The molecule has 0 radical (unpaired) electrons. The molecule has 1 unspecified atom stereocenters. The fraction of sp³-hybridized carbons (Fsp3) is 0.667. The summed E-state index contributed by atoms with van der Waals surface area (Å²) in [6.07, 6.45) is 4.62. The second-order valence-electron chi connectivity index (χ2n) is 2.18. The molecule has 0 aromatic heterocycles. The van der Waals surface area contributed by atoms with Gasteiger partial charge in [-0.05, 0) is 12.8 Å². The number of hydrogen-bond donors (Lipinski definition) is 0. The number of hydrogen-bond acceptors (Lipinski definition) is 1.